The molecular formula is C12H23Cl2N5O. The molecule has 1 aliphatic heterocycles. The number of carbonyl (C=O) groups excluding carboxylic acids is 1. The zero-order chi connectivity index (χ0) is 12.8. The molecule has 6 nitrogen and oxygen atoms in total. The molecule has 0 aliphatic carbocycles. The van der Waals surface area contributed by atoms with Crippen molar-refractivity contribution in [3.63, 3.8) is 0 Å². The molecular weight excluding hydrogens is 301 g/mol. The van der Waals surface area contributed by atoms with E-state index in [0.29, 0.717) is 6.54 Å². The van der Waals surface area contributed by atoms with Crippen LogP contribution in [-0.4, -0.2) is 71.8 Å². The third-order valence-electron chi connectivity index (χ3n) is 3.14. The van der Waals surface area contributed by atoms with Crippen molar-refractivity contribution in [1.29, 1.82) is 0 Å². The number of nitrogens with zero attached hydrogens (tertiary/aromatic N) is 4. The normalized spacial score (nSPS) is 14.6. The van der Waals surface area contributed by atoms with Gasteiger partial charge in [-0.2, -0.15) is 5.10 Å². The van der Waals surface area contributed by atoms with Gasteiger partial charge in [0.1, 0.15) is 0 Å². The van der Waals surface area contributed by atoms with Gasteiger partial charge in [0.25, 0.3) is 0 Å². The SMILES string of the molecule is CN(CCn1cccn1)CC(=O)N1CCNCC1.Cl.Cl. The summed E-state index contributed by atoms with van der Waals surface area (Å²) in [6.07, 6.45) is 3.71. The molecule has 0 bridgehead atoms. The molecule has 1 aromatic heterocycles. The van der Waals surface area contributed by atoms with E-state index in [0.717, 1.165) is 39.3 Å². The summed E-state index contributed by atoms with van der Waals surface area (Å²) in [6.45, 7) is 5.60. The fourth-order valence-corrected chi connectivity index (χ4v) is 2.03. The Morgan fingerprint density at radius 3 is 2.65 bits per heavy atom. The monoisotopic (exact) mass is 323 g/mol. The maximum absolute atomic E-state index is 12.0. The number of nitrogens with one attached hydrogen (secondary N) is 1. The minimum Gasteiger partial charge on any atom is -0.339 e. The van der Waals surface area contributed by atoms with Crippen molar-refractivity contribution in [1.82, 2.24) is 24.9 Å². The molecule has 20 heavy (non-hydrogen) atoms. The summed E-state index contributed by atoms with van der Waals surface area (Å²) in [6, 6.07) is 1.91. The van der Waals surface area contributed by atoms with Gasteiger partial charge in [-0.3, -0.25) is 14.4 Å². The topological polar surface area (TPSA) is 53.4 Å². The Kier molecular flexibility index (Phi) is 9.58. The maximum Gasteiger partial charge on any atom is 0.236 e. The van der Waals surface area contributed by atoms with Crippen LogP contribution in [0.1, 0.15) is 0 Å². The van der Waals surface area contributed by atoms with Crippen molar-refractivity contribution in [2.75, 3.05) is 46.3 Å². The lowest BCUT2D eigenvalue weighted by atomic mass is 10.3. The minimum atomic E-state index is 0. The smallest absolute Gasteiger partial charge is 0.236 e. The van der Waals surface area contributed by atoms with E-state index in [1.165, 1.54) is 0 Å². The number of amides is 1. The molecule has 1 aromatic rings. The number of aromatic nitrogens is 2. The molecule has 1 saturated heterocycles. The van der Waals surface area contributed by atoms with Crippen molar-refractivity contribution < 1.29 is 4.79 Å². The predicted octanol–water partition coefficient (Wildman–Crippen LogP) is 0.0903. The highest BCUT2D eigenvalue weighted by Gasteiger charge is 2.17. The molecule has 1 fully saturated rings. The number of carbonyl (C=O) groups is 1. The van der Waals surface area contributed by atoms with Gasteiger partial charge in [0.05, 0.1) is 13.1 Å². The molecule has 1 N–H and O–H groups in total. The molecule has 0 spiro atoms. The molecule has 1 aliphatic rings. The molecule has 8 heteroatoms. The molecule has 0 atom stereocenters. The van der Waals surface area contributed by atoms with Crippen LogP contribution in [0.5, 0.6) is 0 Å². The van der Waals surface area contributed by atoms with Gasteiger partial charge in [-0.05, 0) is 13.1 Å². The van der Waals surface area contributed by atoms with Crippen LogP contribution in [0.3, 0.4) is 0 Å². The Morgan fingerprint density at radius 2 is 2.05 bits per heavy atom. The maximum atomic E-state index is 12.0. The van der Waals surface area contributed by atoms with Crippen molar-refractivity contribution in [3.8, 4) is 0 Å². The van der Waals surface area contributed by atoms with E-state index in [4.69, 9.17) is 0 Å². The van der Waals surface area contributed by atoms with Crippen molar-refractivity contribution >= 4 is 30.7 Å². The van der Waals surface area contributed by atoms with E-state index in [2.05, 4.69) is 10.4 Å². The van der Waals surface area contributed by atoms with Gasteiger partial charge >= 0.3 is 0 Å². The van der Waals surface area contributed by atoms with E-state index < -0.39 is 0 Å². The molecule has 0 unspecified atom stereocenters. The molecule has 0 saturated carbocycles. The van der Waals surface area contributed by atoms with Gasteiger partial charge < -0.3 is 10.2 Å². The largest absolute Gasteiger partial charge is 0.339 e. The lowest BCUT2D eigenvalue weighted by molar-refractivity contribution is -0.132. The second-order valence-corrected chi connectivity index (χ2v) is 4.64. The zero-order valence-electron chi connectivity index (χ0n) is 11.7. The number of hydrogen-bond donors (Lipinski definition) is 1. The average Bonchev–Trinajstić information content (AvgIpc) is 2.90. The van der Waals surface area contributed by atoms with Crippen LogP contribution >= 0.6 is 24.8 Å². The van der Waals surface area contributed by atoms with Gasteiger partial charge in [0, 0.05) is 45.1 Å². The number of likely N-dealkylation sites (N-methyl/N-ethyl adjacent to an activating group) is 1. The fourth-order valence-electron chi connectivity index (χ4n) is 2.03. The summed E-state index contributed by atoms with van der Waals surface area (Å²) >= 11 is 0. The van der Waals surface area contributed by atoms with E-state index >= 15 is 0 Å². The minimum absolute atomic E-state index is 0. The highest BCUT2D eigenvalue weighted by molar-refractivity contribution is 5.85. The summed E-state index contributed by atoms with van der Waals surface area (Å²) in [4.78, 5) is 16.0. The lowest BCUT2D eigenvalue weighted by Gasteiger charge is -2.29. The summed E-state index contributed by atoms with van der Waals surface area (Å²) < 4.78 is 1.88. The molecule has 0 radical (unpaired) electrons. The van der Waals surface area contributed by atoms with Gasteiger partial charge in [0.2, 0.25) is 5.91 Å². The fraction of sp³-hybridized carbons (Fsp3) is 0.667. The first kappa shape index (κ1) is 19.2. The Bertz CT molecular complexity index is 368. The first-order chi connectivity index (χ1) is 8.75. The van der Waals surface area contributed by atoms with Gasteiger partial charge in [-0.1, -0.05) is 0 Å². The van der Waals surface area contributed by atoms with Crippen molar-refractivity contribution in [2.24, 2.45) is 0 Å². The molecule has 0 aromatic carbocycles. The highest BCUT2D eigenvalue weighted by atomic mass is 35.5. The summed E-state index contributed by atoms with van der Waals surface area (Å²) in [7, 11) is 1.98. The third kappa shape index (κ3) is 6.09. The Balaban J connectivity index is 0.00000180. The van der Waals surface area contributed by atoms with E-state index in [1.54, 1.807) is 6.20 Å². The van der Waals surface area contributed by atoms with Gasteiger partial charge in [0.15, 0.2) is 0 Å². The van der Waals surface area contributed by atoms with Crippen LogP contribution in [0.4, 0.5) is 0 Å². The molecule has 116 valence electrons. The number of halogens is 2. The molecule has 1 amide bonds. The lowest BCUT2D eigenvalue weighted by Crippen LogP contribution is -2.49. The van der Waals surface area contributed by atoms with Crippen LogP contribution < -0.4 is 5.32 Å². The van der Waals surface area contributed by atoms with Crippen LogP contribution in [0.15, 0.2) is 18.5 Å². The van der Waals surface area contributed by atoms with E-state index in [9.17, 15) is 4.79 Å². The van der Waals surface area contributed by atoms with Crippen molar-refractivity contribution in [3.05, 3.63) is 18.5 Å². The number of hydrogen-bond acceptors (Lipinski definition) is 4. The average molecular weight is 324 g/mol. The predicted molar refractivity (Wildman–Crippen MR) is 83.7 cm³/mol. The summed E-state index contributed by atoms with van der Waals surface area (Å²) in [5, 5.41) is 7.39. The Morgan fingerprint density at radius 1 is 1.35 bits per heavy atom. The van der Waals surface area contributed by atoms with E-state index in [1.807, 2.05) is 33.8 Å². The summed E-state index contributed by atoms with van der Waals surface area (Å²) in [5.41, 5.74) is 0. The van der Waals surface area contributed by atoms with Gasteiger partial charge in [-0.15, -0.1) is 24.8 Å². The zero-order valence-corrected chi connectivity index (χ0v) is 13.3. The standard InChI is InChI=1S/C12H21N5O.2ClH/c1-15(9-10-17-6-2-3-14-17)11-12(18)16-7-4-13-5-8-16;;/h2-3,6,13H,4-5,7-11H2,1H3;2*1H. The van der Waals surface area contributed by atoms with Crippen molar-refractivity contribution in [2.45, 2.75) is 6.54 Å². The first-order valence-electron chi connectivity index (χ1n) is 6.40. The van der Waals surface area contributed by atoms with Crippen LogP contribution in [-0.2, 0) is 11.3 Å². The molecule has 2 rings (SSSR count). The third-order valence-corrected chi connectivity index (χ3v) is 3.14. The van der Waals surface area contributed by atoms with Gasteiger partial charge in [-0.25, -0.2) is 0 Å². The second kappa shape index (κ2) is 9.99. The Hall–Kier alpha value is -0.820. The van der Waals surface area contributed by atoms with Crippen LogP contribution in [0.2, 0.25) is 0 Å². The second-order valence-electron chi connectivity index (χ2n) is 4.64. The quantitative estimate of drug-likeness (QED) is 0.834. The van der Waals surface area contributed by atoms with E-state index in [-0.39, 0.29) is 30.7 Å². The van der Waals surface area contributed by atoms with Crippen LogP contribution in [0.25, 0.3) is 0 Å². The number of piperazine rings is 1. The first-order valence-corrected chi connectivity index (χ1v) is 6.40. The van der Waals surface area contributed by atoms with Crippen LogP contribution in [0, 0.1) is 0 Å². The Labute approximate surface area is 132 Å². The highest BCUT2D eigenvalue weighted by Crippen LogP contribution is 1.96. The summed E-state index contributed by atoms with van der Waals surface area (Å²) in [5.74, 6) is 0.222. The number of rotatable bonds is 5. The molecule has 2 heterocycles.